The zero-order valence-corrected chi connectivity index (χ0v) is 18.1. The van der Waals surface area contributed by atoms with Gasteiger partial charge in [0.25, 0.3) is 0 Å². The molecule has 28 heavy (non-hydrogen) atoms. The molecular weight excluding hydrogens is 340 g/mol. The van der Waals surface area contributed by atoms with E-state index in [0.29, 0.717) is 0 Å². The van der Waals surface area contributed by atoms with Crippen LogP contribution in [-0.2, 0) is 11.0 Å². The van der Waals surface area contributed by atoms with Crippen molar-refractivity contribution in [3.05, 3.63) is 65.0 Å². The first-order chi connectivity index (χ1) is 13.3. The summed E-state index contributed by atoms with van der Waals surface area (Å²) in [5.74, 6) is 0. The number of aromatic nitrogens is 1. The minimum atomic E-state index is -0.0456. The summed E-state index contributed by atoms with van der Waals surface area (Å²) in [6.45, 7) is 14.2. The molecule has 1 aromatic heterocycles. The van der Waals surface area contributed by atoms with Gasteiger partial charge < -0.3 is 0 Å². The quantitative estimate of drug-likeness (QED) is 0.609. The van der Waals surface area contributed by atoms with Crippen molar-refractivity contribution in [1.29, 1.82) is 5.26 Å². The number of pyridine rings is 1. The summed E-state index contributed by atoms with van der Waals surface area (Å²) in [6, 6.07) is 15.5. The third kappa shape index (κ3) is 2.00. The molecule has 0 bridgehead atoms. The van der Waals surface area contributed by atoms with Crippen LogP contribution >= 0.6 is 0 Å². The molecule has 0 N–H and O–H groups in total. The van der Waals surface area contributed by atoms with Gasteiger partial charge in [0, 0.05) is 36.5 Å². The Labute approximate surface area is 169 Å². The maximum atomic E-state index is 9.60. The van der Waals surface area contributed by atoms with E-state index in [1.54, 1.807) is 0 Å². The lowest BCUT2D eigenvalue weighted by atomic mass is 9.59. The van der Waals surface area contributed by atoms with Gasteiger partial charge >= 0.3 is 0 Å². The number of nitrogens with zero attached hydrogens (tertiary/aromatic N) is 2. The number of fused-ring (bicyclic) bond motifs is 4. The Bertz CT molecular complexity index is 1040. The molecule has 0 saturated heterocycles. The standard InChI is InChI=1S/C26H31N2/c1-7-24(4)20-13-11-10-12-19(20)22-23(24)21-16-18(17-27)14-15-28(21)26(6,9-3)25(22,5)8-2/h10-16H,7-9H2,1-6H3/q+1. The van der Waals surface area contributed by atoms with Gasteiger partial charge in [-0.05, 0) is 36.5 Å². The van der Waals surface area contributed by atoms with Gasteiger partial charge in [-0.2, -0.15) is 9.83 Å². The van der Waals surface area contributed by atoms with Crippen molar-refractivity contribution >= 4 is 11.1 Å². The van der Waals surface area contributed by atoms with E-state index >= 15 is 0 Å². The van der Waals surface area contributed by atoms with Crippen LogP contribution in [0.4, 0.5) is 0 Å². The molecule has 2 aliphatic rings. The van der Waals surface area contributed by atoms with E-state index in [9.17, 15) is 5.26 Å². The van der Waals surface area contributed by atoms with Gasteiger partial charge in [0.2, 0.25) is 5.69 Å². The van der Waals surface area contributed by atoms with Crippen LogP contribution in [0, 0.1) is 16.7 Å². The van der Waals surface area contributed by atoms with Gasteiger partial charge in [-0.3, -0.25) is 0 Å². The molecule has 4 rings (SSSR count). The summed E-state index contributed by atoms with van der Waals surface area (Å²) < 4.78 is 2.48. The normalized spacial score (nSPS) is 30.5. The summed E-state index contributed by atoms with van der Waals surface area (Å²) in [4.78, 5) is 0. The molecule has 2 heteroatoms. The lowest BCUT2D eigenvalue weighted by Gasteiger charge is -2.47. The molecule has 3 atom stereocenters. The van der Waals surface area contributed by atoms with Crippen LogP contribution in [0.1, 0.15) is 83.2 Å². The van der Waals surface area contributed by atoms with E-state index < -0.39 is 0 Å². The van der Waals surface area contributed by atoms with Crippen LogP contribution in [0.2, 0.25) is 0 Å². The van der Waals surface area contributed by atoms with Gasteiger partial charge in [0.1, 0.15) is 0 Å². The number of allylic oxidation sites excluding steroid dienone is 2. The molecule has 2 nitrogen and oxygen atoms in total. The minimum Gasteiger partial charge on any atom is -0.193 e. The monoisotopic (exact) mass is 371 g/mol. The van der Waals surface area contributed by atoms with Crippen molar-refractivity contribution in [2.24, 2.45) is 5.41 Å². The molecular formula is C26H31N2+. The van der Waals surface area contributed by atoms with Crippen molar-refractivity contribution in [3.63, 3.8) is 0 Å². The molecule has 0 spiro atoms. The molecule has 0 fully saturated rings. The predicted molar refractivity (Wildman–Crippen MR) is 115 cm³/mol. The van der Waals surface area contributed by atoms with Crippen LogP contribution in [0.15, 0.2) is 42.6 Å². The van der Waals surface area contributed by atoms with Crippen LogP contribution in [0.5, 0.6) is 0 Å². The Balaban J connectivity index is 2.21. The van der Waals surface area contributed by atoms with E-state index in [1.165, 1.54) is 28.0 Å². The fourth-order valence-corrected chi connectivity index (χ4v) is 5.92. The van der Waals surface area contributed by atoms with Crippen molar-refractivity contribution in [1.82, 2.24) is 0 Å². The van der Waals surface area contributed by atoms with Crippen LogP contribution < -0.4 is 4.57 Å². The molecule has 0 radical (unpaired) electrons. The first kappa shape index (κ1) is 18.9. The second kappa shape index (κ2) is 6.05. The molecule has 2 heterocycles. The third-order valence-corrected chi connectivity index (χ3v) is 8.31. The van der Waals surface area contributed by atoms with E-state index in [1.807, 2.05) is 6.07 Å². The van der Waals surface area contributed by atoms with E-state index in [-0.39, 0.29) is 16.4 Å². The van der Waals surface area contributed by atoms with Crippen molar-refractivity contribution in [3.8, 4) is 6.07 Å². The van der Waals surface area contributed by atoms with E-state index in [2.05, 4.69) is 88.7 Å². The Hall–Kier alpha value is -2.40. The summed E-state index contributed by atoms with van der Waals surface area (Å²) in [5.41, 5.74) is 7.71. The average molecular weight is 372 g/mol. The van der Waals surface area contributed by atoms with Crippen molar-refractivity contribution in [2.75, 3.05) is 0 Å². The van der Waals surface area contributed by atoms with E-state index in [0.717, 1.165) is 24.8 Å². The van der Waals surface area contributed by atoms with Crippen LogP contribution in [0.25, 0.3) is 11.1 Å². The number of benzene rings is 1. The van der Waals surface area contributed by atoms with E-state index in [4.69, 9.17) is 0 Å². The molecule has 3 unspecified atom stereocenters. The second-order valence-electron chi connectivity index (χ2n) is 9.08. The fourth-order valence-electron chi connectivity index (χ4n) is 5.92. The Morgan fingerprint density at radius 1 is 0.929 bits per heavy atom. The van der Waals surface area contributed by atoms with Crippen LogP contribution in [0.3, 0.4) is 0 Å². The lowest BCUT2D eigenvalue weighted by molar-refractivity contribution is -0.778. The molecule has 0 saturated carbocycles. The van der Waals surface area contributed by atoms with Gasteiger partial charge in [-0.15, -0.1) is 0 Å². The summed E-state index contributed by atoms with van der Waals surface area (Å²) in [6.07, 6.45) is 5.33. The lowest BCUT2D eigenvalue weighted by Crippen LogP contribution is -2.66. The van der Waals surface area contributed by atoms with Gasteiger partial charge in [0.05, 0.1) is 17.0 Å². The highest BCUT2D eigenvalue weighted by atomic mass is 15.1. The Morgan fingerprint density at radius 3 is 2.25 bits per heavy atom. The largest absolute Gasteiger partial charge is 0.211 e. The molecule has 144 valence electrons. The topological polar surface area (TPSA) is 27.7 Å². The predicted octanol–water partition coefficient (Wildman–Crippen LogP) is 5.99. The van der Waals surface area contributed by atoms with Gasteiger partial charge in [-0.25, -0.2) is 0 Å². The maximum Gasteiger partial charge on any atom is 0.211 e. The smallest absolute Gasteiger partial charge is 0.193 e. The zero-order chi connectivity index (χ0) is 20.3. The van der Waals surface area contributed by atoms with Crippen molar-refractivity contribution < 1.29 is 4.57 Å². The summed E-state index contributed by atoms with van der Waals surface area (Å²) in [5, 5.41) is 9.60. The zero-order valence-electron chi connectivity index (χ0n) is 18.1. The molecule has 1 aliphatic heterocycles. The Kier molecular flexibility index (Phi) is 4.09. The number of hydrogen-bond donors (Lipinski definition) is 0. The number of rotatable bonds is 3. The molecule has 0 amide bonds. The second-order valence-corrected chi connectivity index (χ2v) is 9.08. The number of hydrogen-bond acceptors (Lipinski definition) is 1. The maximum absolute atomic E-state index is 9.60. The Morgan fingerprint density at radius 2 is 1.64 bits per heavy atom. The van der Waals surface area contributed by atoms with Gasteiger partial charge in [0.15, 0.2) is 11.7 Å². The summed E-state index contributed by atoms with van der Waals surface area (Å²) >= 11 is 0. The minimum absolute atomic E-state index is 0.0198. The average Bonchev–Trinajstić information content (AvgIpc) is 3.01. The highest BCUT2D eigenvalue weighted by Crippen LogP contribution is 2.63. The third-order valence-electron chi connectivity index (χ3n) is 8.31. The summed E-state index contributed by atoms with van der Waals surface area (Å²) in [7, 11) is 0. The fraction of sp³-hybridized carbons (Fsp3) is 0.462. The first-order valence-electron chi connectivity index (χ1n) is 10.6. The SMILES string of the molecule is CCC1(C)C2=C(c3ccccc31)C(C)(CC)C(C)(CC)[n+]1ccc(C#N)cc12. The first-order valence-corrected chi connectivity index (χ1v) is 10.6. The highest BCUT2D eigenvalue weighted by molar-refractivity contribution is 6.03. The number of nitriles is 1. The highest BCUT2D eigenvalue weighted by Gasteiger charge is 2.62. The molecule has 1 aliphatic carbocycles. The molecule has 1 aromatic carbocycles. The molecule has 2 aromatic rings. The van der Waals surface area contributed by atoms with Crippen LogP contribution in [-0.4, -0.2) is 0 Å². The van der Waals surface area contributed by atoms with Crippen molar-refractivity contribution in [2.45, 2.75) is 71.8 Å². The van der Waals surface area contributed by atoms with Gasteiger partial charge in [-0.1, -0.05) is 52.0 Å².